The number of carbonyl (C=O) groups is 5. The van der Waals surface area contributed by atoms with Gasteiger partial charge in [-0.05, 0) is 99.7 Å². The normalized spacial score (nSPS) is 23.6. The lowest BCUT2D eigenvalue weighted by molar-refractivity contribution is -0.156. The molecule has 4 amide bonds. The number of ether oxygens (including phenoxy) is 1. The van der Waals surface area contributed by atoms with E-state index >= 15 is 0 Å². The third-order valence-electron chi connectivity index (χ3n) is 10.8. The number of phenols is 1. The molecule has 0 aliphatic carbocycles. The first-order valence-corrected chi connectivity index (χ1v) is 19.3. The van der Waals surface area contributed by atoms with Gasteiger partial charge in [-0.15, -0.1) is 0 Å². The Labute approximate surface area is 318 Å². The number of piperidine rings is 3. The Morgan fingerprint density at radius 3 is 2.25 bits per heavy atom. The van der Waals surface area contributed by atoms with Crippen molar-refractivity contribution in [2.45, 2.75) is 88.1 Å². The Morgan fingerprint density at radius 1 is 0.942 bits per heavy atom. The molecule has 5 aliphatic heterocycles. The maximum Gasteiger partial charge on any atom is 0.410 e. The monoisotopic (exact) mass is 847 g/mol. The van der Waals surface area contributed by atoms with E-state index in [4.69, 9.17) is 9.84 Å². The van der Waals surface area contributed by atoms with E-state index in [-0.39, 0.29) is 36.8 Å². The fourth-order valence-electron chi connectivity index (χ4n) is 7.68. The van der Waals surface area contributed by atoms with E-state index in [1.807, 2.05) is 34.1 Å². The van der Waals surface area contributed by atoms with Crippen molar-refractivity contribution in [3.8, 4) is 5.75 Å². The quantitative estimate of drug-likeness (QED) is 0.286. The van der Waals surface area contributed by atoms with Crippen LogP contribution in [0.4, 0.5) is 15.3 Å². The van der Waals surface area contributed by atoms with Crippen LogP contribution in [0, 0.1) is 0 Å². The number of anilines is 1. The van der Waals surface area contributed by atoms with Crippen molar-refractivity contribution in [1.29, 1.82) is 0 Å². The number of hydrogen-bond acceptors (Lipinski definition) is 8. The molecule has 279 valence electrons. The van der Waals surface area contributed by atoms with Crippen LogP contribution in [0.1, 0.15) is 56.1 Å². The van der Waals surface area contributed by atoms with Gasteiger partial charge in [0.2, 0.25) is 6.04 Å². The minimum atomic E-state index is -1.26. The lowest BCUT2D eigenvalue weighted by Crippen LogP contribution is -2.71. The minimum absolute atomic E-state index is 0.00410. The first-order chi connectivity index (χ1) is 24.9. The zero-order valence-corrected chi connectivity index (χ0v) is 31.8. The van der Waals surface area contributed by atoms with E-state index in [0.29, 0.717) is 72.3 Å². The summed E-state index contributed by atoms with van der Waals surface area (Å²) in [6, 6.07) is 10.3. The Morgan fingerprint density at radius 2 is 1.65 bits per heavy atom. The van der Waals surface area contributed by atoms with Gasteiger partial charge >= 0.3 is 24.1 Å². The molecule has 16 heteroatoms. The second kappa shape index (κ2) is 16.4. The van der Waals surface area contributed by atoms with Gasteiger partial charge in [0.15, 0.2) is 6.10 Å². The van der Waals surface area contributed by atoms with Gasteiger partial charge in [-0.3, -0.25) is 4.79 Å². The summed E-state index contributed by atoms with van der Waals surface area (Å²) in [7, 11) is 0. The third-order valence-corrected chi connectivity index (χ3v) is 12.0. The number of carboxylic acids is 2. The van der Waals surface area contributed by atoms with Crippen LogP contribution in [-0.2, 0) is 32.0 Å². The number of likely N-dealkylation sites (tertiary alicyclic amines) is 2. The van der Waals surface area contributed by atoms with Crippen LogP contribution in [0.3, 0.4) is 0 Å². The topological polar surface area (TPSA) is 183 Å². The number of carboxylic acid groups (broad SMARTS) is 2. The summed E-state index contributed by atoms with van der Waals surface area (Å²) in [6.45, 7) is 2.53. The van der Waals surface area contributed by atoms with Gasteiger partial charge in [0.1, 0.15) is 24.4 Å². The SMILES string of the molecule is O=C(O)C1CC2CC[N+]21.O=C(O)C1CCCCN1C(=O)[C@@H](Cc1cc(Br)c(O)c(Br)c1)OC(=O)N1CCC(N2CCc3ccccc3NC2=O)CC1. The number of phenolic OH excluding ortho intramolecular Hbond substituents is 1. The average Bonchev–Trinajstić information content (AvgIpc) is 3.29. The van der Waals surface area contributed by atoms with Crippen molar-refractivity contribution < 1.29 is 44.0 Å². The summed E-state index contributed by atoms with van der Waals surface area (Å²) < 4.78 is 6.63. The molecule has 7 rings (SSSR count). The Balaban J connectivity index is 0.000000444. The lowest BCUT2D eigenvalue weighted by atomic mass is 9.83. The van der Waals surface area contributed by atoms with Crippen molar-refractivity contribution in [3.05, 3.63) is 56.5 Å². The van der Waals surface area contributed by atoms with Gasteiger partial charge < -0.3 is 40.1 Å². The van der Waals surface area contributed by atoms with Crippen molar-refractivity contribution >= 4 is 67.5 Å². The molecule has 4 N–H and O–H groups in total. The third kappa shape index (κ3) is 8.33. The molecule has 5 aliphatic rings. The van der Waals surface area contributed by atoms with Crippen LogP contribution in [0.2, 0.25) is 0 Å². The van der Waals surface area contributed by atoms with E-state index in [9.17, 15) is 34.2 Å². The second-order valence-corrected chi connectivity index (χ2v) is 15.6. The Hall–Kier alpha value is -3.89. The lowest BCUT2D eigenvalue weighted by Gasteiger charge is -2.42. The number of halogens is 2. The molecular formula is C36H43Br2N5O9+. The Bertz CT molecular complexity index is 1680. The number of rotatable bonds is 7. The summed E-state index contributed by atoms with van der Waals surface area (Å²) in [5.74, 6) is -2.30. The molecule has 0 bridgehead atoms. The summed E-state index contributed by atoms with van der Waals surface area (Å²) in [4.78, 5) is 69.1. The number of nitrogens with one attached hydrogen (secondary N) is 1. The highest BCUT2D eigenvalue weighted by atomic mass is 79.9. The van der Waals surface area contributed by atoms with Crippen LogP contribution in [0.15, 0.2) is 45.3 Å². The standard InChI is InChI=1S/C30H34Br2N4O7.C6H9NO2/c31-21-15-18(16-22(32)26(21)37)17-25(27(38)36-11-4-3-7-24(36)28(39)40)43-30(42)34-12-9-20(10-13-34)35-14-8-19-5-1-2-6-23(19)33-29(35)41;8-6(9)5-3-4-1-2-7(4)5/h1-2,5-6,15-16,20,24-25,37H,3-4,7-14,17H2,(H,33,41)(H,39,40);4-5H,1-3H2,(H,8,9)/q;+1/t24?,25-;/m1./s1. The van der Waals surface area contributed by atoms with Gasteiger partial charge in [0.25, 0.3) is 5.91 Å². The fourth-order valence-corrected chi connectivity index (χ4v) is 8.96. The molecular weight excluding hydrogens is 806 g/mol. The van der Waals surface area contributed by atoms with E-state index in [1.54, 1.807) is 12.1 Å². The molecule has 0 aromatic heterocycles. The largest absolute Gasteiger partial charge is 0.506 e. The van der Waals surface area contributed by atoms with Crippen LogP contribution in [0.5, 0.6) is 5.75 Å². The predicted molar refractivity (Wildman–Crippen MR) is 196 cm³/mol. The molecule has 2 aromatic carbocycles. The smallest absolute Gasteiger partial charge is 0.410 e. The molecule has 3 unspecified atom stereocenters. The zero-order valence-electron chi connectivity index (χ0n) is 28.6. The number of nitrogens with zero attached hydrogens (tertiary/aromatic N) is 4. The maximum atomic E-state index is 13.7. The molecule has 14 nitrogen and oxygen atoms in total. The summed E-state index contributed by atoms with van der Waals surface area (Å²) in [6.07, 6.45) is 3.71. The second-order valence-electron chi connectivity index (χ2n) is 13.9. The highest BCUT2D eigenvalue weighted by molar-refractivity contribution is 9.11. The predicted octanol–water partition coefficient (Wildman–Crippen LogP) is 4.74. The molecule has 2 aromatic rings. The number of amides is 4. The van der Waals surface area contributed by atoms with Gasteiger partial charge in [0.05, 0.1) is 21.8 Å². The molecule has 0 spiro atoms. The van der Waals surface area contributed by atoms with Crippen LogP contribution < -0.4 is 10.2 Å². The number of aromatic hydroxyl groups is 1. The number of fused-ring (bicyclic) bond motifs is 2. The average molecular weight is 850 g/mol. The van der Waals surface area contributed by atoms with Gasteiger partial charge in [-0.2, -0.15) is 4.90 Å². The van der Waals surface area contributed by atoms with E-state index in [2.05, 4.69) is 37.2 Å². The van der Waals surface area contributed by atoms with E-state index in [1.165, 1.54) is 16.2 Å². The number of benzene rings is 2. The highest BCUT2D eigenvalue weighted by Crippen LogP contribution is 2.35. The summed E-state index contributed by atoms with van der Waals surface area (Å²) in [5.41, 5.74) is 2.51. The number of urea groups is 1. The van der Waals surface area contributed by atoms with Crippen LogP contribution in [-0.4, -0.2) is 123 Å². The van der Waals surface area contributed by atoms with Gasteiger partial charge in [0, 0.05) is 44.3 Å². The van der Waals surface area contributed by atoms with Crippen molar-refractivity contribution in [2.75, 3.05) is 38.0 Å². The zero-order chi connectivity index (χ0) is 37.1. The Kier molecular flexibility index (Phi) is 12.0. The maximum absolute atomic E-state index is 13.7. The molecule has 4 saturated heterocycles. The molecule has 4 atom stereocenters. The first kappa shape index (κ1) is 37.9. The number of aliphatic carboxylic acids is 2. The number of carbonyl (C=O) groups excluding carboxylic acids is 3. The van der Waals surface area contributed by atoms with Crippen LogP contribution >= 0.6 is 31.9 Å². The van der Waals surface area contributed by atoms with Crippen molar-refractivity contribution in [3.63, 3.8) is 0 Å². The molecule has 1 radical (unpaired) electrons. The van der Waals surface area contributed by atoms with E-state index < -0.39 is 36.1 Å². The molecule has 0 saturated carbocycles. The van der Waals surface area contributed by atoms with Crippen LogP contribution in [0.25, 0.3) is 0 Å². The van der Waals surface area contributed by atoms with Gasteiger partial charge in [-0.1, -0.05) is 18.2 Å². The minimum Gasteiger partial charge on any atom is -0.506 e. The van der Waals surface area contributed by atoms with Crippen molar-refractivity contribution in [2.24, 2.45) is 0 Å². The summed E-state index contributed by atoms with van der Waals surface area (Å²) >= 11 is 6.59. The molecule has 5 heterocycles. The first-order valence-electron chi connectivity index (χ1n) is 17.7. The summed E-state index contributed by atoms with van der Waals surface area (Å²) in [5, 5.41) is 31.4. The highest BCUT2D eigenvalue weighted by Gasteiger charge is 2.59. The molecule has 52 heavy (non-hydrogen) atoms. The number of para-hydroxylation sites is 1. The van der Waals surface area contributed by atoms with Crippen molar-refractivity contribution in [1.82, 2.24) is 19.6 Å². The van der Waals surface area contributed by atoms with E-state index in [0.717, 1.165) is 30.6 Å². The number of hydrogen-bond donors (Lipinski definition) is 4. The fraction of sp³-hybridized carbons (Fsp3) is 0.528. The van der Waals surface area contributed by atoms with Gasteiger partial charge in [-0.25, -0.2) is 19.2 Å². The molecule has 4 fully saturated rings.